The van der Waals surface area contributed by atoms with Gasteiger partial charge in [0.15, 0.2) is 0 Å². The van der Waals surface area contributed by atoms with Gasteiger partial charge < -0.3 is 92.0 Å². The van der Waals surface area contributed by atoms with Crippen molar-refractivity contribution in [3.63, 3.8) is 0 Å². The minimum Gasteiger partial charge on any atom is -0.391 e. The lowest BCUT2D eigenvalue weighted by molar-refractivity contribution is -0.136. The van der Waals surface area contributed by atoms with E-state index in [1.165, 1.54) is 20.8 Å². The van der Waals surface area contributed by atoms with Crippen molar-refractivity contribution in [1.82, 2.24) is 53.2 Å². The predicted octanol–water partition coefficient (Wildman–Crippen LogP) is -5.00. The fraction of sp³-hybridized carbons (Fsp3) is 0.692. The molecule has 27 heteroatoms. The van der Waals surface area contributed by atoms with Gasteiger partial charge in [-0.05, 0) is 110 Å². The first-order chi connectivity index (χ1) is 37.3. The number of aliphatic hydroxyl groups excluding tert-OH is 2. The highest BCUT2D eigenvalue weighted by Gasteiger charge is 2.37. The molecule has 446 valence electrons. The summed E-state index contributed by atoms with van der Waals surface area (Å²) in [5.41, 5.74) is 29.6. The van der Waals surface area contributed by atoms with E-state index in [0.29, 0.717) is 18.4 Å². The lowest BCUT2D eigenvalue weighted by Crippen LogP contribution is -2.61. The van der Waals surface area contributed by atoms with E-state index in [1.807, 2.05) is 0 Å². The monoisotopic (exact) mass is 1120 g/mol. The number of rotatable bonds is 35. The second-order valence-electron chi connectivity index (χ2n) is 20.7. The molecule has 0 bridgehead atoms. The van der Waals surface area contributed by atoms with Crippen molar-refractivity contribution in [3.8, 4) is 0 Å². The summed E-state index contributed by atoms with van der Waals surface area (Å²) in [6, 6.07) is -3.49. The van der Waals surface area contributed by atoms with Crippen molar-refractivity contribution in [2.75, 3.05) is 32.7 Å². The Hall–Kier alpha value is -6.36. The minimum atomic E-state index is -1.45. The summed E-state index contributed by atoms with van der Waals surface area (Å²) in [6.45, 7) is 9.03. The highest BCUT2D eigenvalue weighted by atomic mass is 16.3. The fourth-order valence-corrected chi connectivity index (χ4v) is 8.86. The van der Waals surface area contributed by atoms with Crippen LogP contribution in [0.5, 0.6) is 0 Å². The van der Waals surface area contributed by atoms with Gasteiger partial charge in [-0.1, -0.05) is 63.4 Å². The first kappa shape index (κ1) is 68.7. The van der Waals surface area contributed by atoms with Crippen molar-refractivity contribution in [2.24, 2.45) is 34.6 Å². The summed E-state index contributed by atoms with van der Waals surface area (Å²) < 4.78 is 0. The van der Waals surface area contributed by atoms with Gasteiger partial charge >= 0.3 is 0 Å². The van der Waals surface area contributed by atoms with Crippen LogP contribution in [0.4, 0.5) is 0 Å². The molecule has 0 aliphatic heterocycles. The quantitative estimate of drug-likeness (QED) is 0.0303. The minimum absolute atomic E-state index is 0.0532. The molecule has 2 unspecified atom stereocenters. The smallest absolute Gasteiger partial charge is 0.245 e. The summed E-state index contributed by atoms with van der Waals surface area (Å²) in [5, 5.41) is 46.3. The molecule has 1 aromatic rings. The SMILES string of the molecule is CCNC(=O)[C@@H](NC(=O)[C@H](CCN)NC(=O)[C@H](CCN)NC(=O)[C@H](CC(C)C)NC(=O)[C@@H](Cc1ccccc1)NC(=O)[C@H](CCN)NC(=O)[C@H](C)NC(=O)[C@H](CCN)NC(=O)[C@@H](NC(=O)CC1(N)CCCCC1)C(C)O)C(C)O. The molecule has 22 N–H and O–H groups in total. The average molecular weight is 1120 g/mol. The predicted molar refractivity (Wildman–Crippen MR) is 294 cm³/mol. The maximum absolute atomic E-state index is 14.3. The molecule has 0 heterocycles. The van der Waals surface area contributed by atoms with Crippen LogP contribution in [0.25, 0.3) is 0 Å². The Balaban J connectivity index is 2.29. The van der Waals surface area contributed by atoms with Gasteiger partial charge in [0, 0.05) is 24.9 Å². The molecule has 10 amide bonds. The summed E-state index contributed by atoms with van der Waals surface area (Å²) >= 11 is 0. The Bertz CT molecular complexity index is 2150. The summed E-state index contributed by atoms with van der Waals surface area (Å²) in [4.78, 5) is 136. The van der Waals surface area contributed by atoms with E-state index in [9.17, 15) is 58.2 Å². The van der Waals surface area contributed by atoms with Crippen LogP contribution in [0, 0.1) is 5.92 Å². The van der Waals surface area contributed by atoms with Gasteiger partial charge in [-0.2, -0.15) is 0 Å². The molecule has 79 heavy (non-hydrogen) atoms. The summed E-state index contributed by atoms with van der Waals surface area (Å²) in [7, 11) is 0. The van der Waals surface area contributed by atoms with Gasteiger partial charge in [0.1, 0.15) is 54.4 Å². The molecule has 1 aliphatic carbocycles. The van der Waals surface area contributed by atoms with Crippen LogP contribution in [-0.2, 0) is 54.4 Å². The zero-order valence-corrected chi connectivity index (χ0v) is 46.7. The molecule has 1 aliphatic rings. The third-order valence-corrected chi connectivity index (χ3v) is 13.2. The Morgan fingerprint density at radius 2 is 0.886 bits per heavy atom. The van der Waals surface area contributed by atoms with Gasteiger partial charge in [0.25, 0.3) is 0 Å². The zero-order valence-electron chi connectivity index (χ0n) is 46.7. The van der Waals surface area contributed by atoms with E-state index in [0.717, 1.165) is 19.3 Å². The highest BCUT2D eigenvalue weighted by Crippen LogP contribution is 2.28. The van der Waals surface area contributed by atoms with Gasteiger partial charge in [0.2, 0.25) is 59.1 Å². The fourth-order valence-electron chi connectivity index (χ4n) is 8.86. The van der Waals surface area contributed by atoms with Gasteiger partial charge in [-0.25, -0.2) is 0 Å². The van der Waals surface area contributed by atoms with Crippen molar-refractivity contribution in [2.45, 2.75) is 191 Å². The average Bonchev–Trinajstić information content (AvgIpc) is 3.38. The number of likely N-dealkylation sites (N-methyl/N-ethyl adjacent to an activating group) is 1. The highest BCUT2D eigenvalue weighted by molar-refractivity contribution is 5.98. The van der Waals surface area contributed by atoms with Crippen LogP contribution in [0.2, 0.25) is 0 Å². The van der Waals surface area contributed by atoms with Crippen LogP contribution >= 0.6 is 0 Å². The standard InChI is InChI=1S/C52H91N15O12/c1-7-58-50(78)41(31(5)68)67-47(75)37(19-25-56)61-45(73)36(18-24-55)62-48(76)38(26-29(2)3)64-49(77)39(27-33-14-10-8-11-15-33)65-46(74)35(17-23-54)60-43(71)30(4)59-44(72)34(16-22-53)63-51(79)42(32(6)69)66-40(70)28-52(57)20-12-9-13-21-52/h8,10-11,14-15,29-32,34-39,41-42,68-69H,7,9,12-13,16-28,53-57H2,1-6H3,(H,58,78)(H,59,72)(H,60,71)(H,61,73)(H,62,76)(H,63,79)(H,64,77)(H,65,74)(H,66,70)(H,67,75)/t30-,31?,32?,34-,35-,36-,37-,38-,39+,41-,42-/m0/s1. The molecule has 1 fully saturated rings. The normalized spacial score (nSPS) is 17.2. The molecule has 1 aromatic carbocycles. The Morgan fingerprint density at radius 3 is 1.34 bits per heavy atom. The number of carbonyl (C=O) groups excluding carboxylic acids is 10. The van der Waals surface area contributed by atoms with E-state index in [2.05, 4.69) is 53.2 Å². The van der Waals surface area contributed by atoms with Crippen molar-refractivity contribution in [3.05, 3.63) is 35.9 Å². The van der Waals surface area contributed by atoms with Crippen LogP contribution in [0.1, 0.15) is 118 Å². The second kappa shape index (κ2) is 35.3. The van der Waals surface area contributed by atoms with Crippen LogP contribution in [0.3, 0.4) is 0 Å². The number of aliphatic hydroxyl groups is 2. The zero-order chi connectivity index (χ0) is 59.4. The number of carbonyl (C=O) groups is 10. The van der Waals surface area contributed by atoms with Gasteiger partial charge in [-0.3, -0.25) is 47.9 Å². The van der Waals surface area contributed by atoms with Crippen molar-refractivity contribution in [1.29, 1.82) is 0 Å². The molecule has 0 spiro atoms. The number of hydrogen-bond donors (Lipinski definition) is 17. The lowest BCUT2D eigenvalue weighted by atomic mass is 9.80. The van der Waals surface area contributed by atoms with E-state index >= 15 is 0 Å². The van der Waals surface area contributed by atoms with Crippen LogP contribution < -0.4 is 81.8 Å². The number of nitrogens with one attached hydrogen (secondary N) is 10. The molecular weight excluding hydrogens is 1030 g/mol. The van der Waals surface area contributed by atoms with Gasteiger partial charge in [0.05, 0.1) is 12.2 Å². The first-order valence-electron chi connectivity index (χ1n) is 27.3. The molecule has 27 nitrogen and oxygen atoms in total. The van der Waals surface area contributed by atoms with E-state index in [1.54, 1.807) is 51.1 Å². The number of amides is 10. The summed E-state index contributed by atoms with van der Waals surface area (Å²) in [6.07, 6.45) is 0.796. The van der Waals surface area contributed by atoms with Gasteiger partial charge in [-0.15, -0.1) is 0 Å². The Kier molecular flexibility index (Phi) is 30.7. The molecule has 11 atom stereocenters. The Morgan fingerprint density at radius 1 is 0.494 bits per heavy atom. The molecule has 1 saturated carbocycles. The third kappa shape index (κ3) is 24.3. The molecule has 0 aromatic heterocycles. The maximum atomic E-state index is 14.3. The van der Waals surface area contributed by atoms with E-state index in [4.69, 9.17) is 28.7 Å². The number of nitrogens with two attached hydrogens (primary N) is 5. The third-order valence-electron chi connectivity index (χ3n) is 13.2. The molecule has 2 rings (SSSR count). The molecule has 0 radical (unpaired) electrons. The van der Waals surface area contributed by atoms with E-state index < -0.39 is 131 Å². The van der Waals surface area contributed by atoms with Crippen LogP contribution in [-0.4, -0.2) is 174 Å². The maximum Gasteiger partial charge on any atom is 0.245 e. The van der Waals surface area contributed by atoms with E-state index in [-0.39, 0.29) is 83.6 Å². The van der Waals surface area contributed by atoms with Crippen molar-refractivity contribution < 1.29 is 58.2 Å². The summed E-state index contributed by atoms with van der Waals surface area (Å²) in [5.74, 6) is -8.08. The largest absolute Gasteiger partial charge is 0.391 e. The number of hydrogen-bond acceptors (Lipinski definition) is 17. The first-order valence-corrected chi connectivity index (χ1v) is 27.3. The molecule has 0 saturated heterocycles. The van der Waals surface area contributed by atoms with Crippen molar-refractivity contribution >= 4 is 59.1 Å². The van der Waals surface area contributed by atoms with Crippen LogP contribution in [0.15, 0.2) is 30.3 Å². The number of benzene rings is 1. The topological polar surface area (TPSA) is 462 Å². The second-order valence-corrected chi connectivity index (χ2v) is 20.7. The molecular formula is C52H91N15O12. The lowest BCUT2D eigenvalue weighted by Gasteiger charge is -2.33. The Labute approximate surface area is 463 Å².